The maximum absolute atomic E-state index is 13.4. The summed E-state index contributed by atoms with van der Waals surface area (Å²) in [6, 6.07) is 8.19. The van der Waals surface area contributed by atoms with Crippen LogP contribution in [0.2, 0.25) is 0 Å². The number of carbonyl (C=O) groups excluding carboxylic acids is 1. The minimum Gasteiger partial charge on any atom is -0.378 e. The van der Waals surface area contributed by atoms with Gasteiger partial charge >= 0.3 is 0 Å². The summed E-state index contributed by atoms with van der Waals surface area (Å²) >= 11 is 0. The van der Waals surface area contributed by atoms with Crippen molar-refractivity contribution in [3.05, 3.63) is 52.8 Å². The number of aromatic nitrogens is 1. The Kier molecular flexibility index (Phi) is 6.46. The first-order valence-corrected chi connectivity index (χ1v) is 9.57. The van der Waals surface area contributed by atoms with Gasteiger partial charge in [-0.05, 0) is 43.2 Å². The van der Waals surface area contributed by atoms with Crippen LogP contribution in [-0.2, 0) is 11.3 Å². The third-order valence-electron chi connectivity index (χ3n) is 4.92. The van der Waals surface area contributed by atoms with Gasteiger partial charge < -0.3 is 19.9 Å². The maximum Gasteiger partial charge on any atom is 0.255 e. The number of halogens is 1. The molecule has 1 aliphatic heterocycles. The largest absolute Gasteiger partial charge is 0.378 e. The second kappa shape index (κ2) is 9.01. The molecule has 0 saturated carbocycles. The molecule has 28 heavy (non-hydrogen) atoms. The highest BCUT2D eigenvalue weighted by atomic mass is 19.1. The number of nitrogens with one attached hydrogen (secondary N) is 1. The smallest absolute Gasteiger partial charge is 0.255 e. The van der Waals surface area contributed by atoms with Crippen molar-refractivity contribution >= 4 is 17.5 Å². The molecule has 1 aliphatic rings. The number of amides is 1. The van der Waals surface area contributed by atoms with Crippen LogP contribution >= 0.6 is 0 Å². The van der Waals surface area contributed by atoms with Crippen LogP contribution in [-0.4, -0.2) is 50.8 Å². The lowest BCUT2D eigenvalue weighted by Crippen LogP contribution is -2.37. The molecule has 2 heterocycles. The van der Waals surface area contributed by atoms with Crippen molar-refractivity contribution in [2.75, 3.05) is 49.7 Å². The van der Waals surface area contributed by atoms with Gasteiger partial charge in [-0.3, -0.25) is 4.79 Å². The van der Waals surface area contributed by atoms with Gasteiger partial charge in [0.25, 0.3) is 5.91 Å². The topological polar surface area (TPSA) is 57.7 Å². The van der Waals surface area contributed by atoms with E-state index in [2.05, 4.69) is 10.2 Å². The Morgan fingerprint density at radius 3 is 2.75 bits per heavy atom. The molecule has 150 valence electrons. The van der Waals surface area contributed by atoms with Crippen LogP contribution in [0.5, 0.6) is 0 Å². The highest BCUT2D eigenvalue weighted by molar-refractivity contribution is 6.00. The van der Waals surface area contributed by atoms with Gasteiger partial charge in [-0.25, -0.2) is 9.37 Å². The van der Waals surface area contributed by atoms with Crippen LogP contribution in [0.4, 0.5) is 16.0 Å². The van der Waals surface area contributed by atoms with Crippen LogP contribution < -0.4 is 15.1 Å². The van der Waals surface area contributed by atoms with Crippen molar-refractivity contribution in [1.82, 2.24) is 10.3 Å². The number of hydrogen-bond donors (Lipinski definition) is 1. The van der Waals surface area contributed by atoms with Crippen LogP contribution in [0.3, 0.4) is 0 Å². The SMILES string of the molecule is CCN(C)c1nc(N2CCOCC2)cc(C)c1C(=O)NCc1cccc(F)c1. The standard InChI is InChI=1S/C21H27FN4O2/c1-4-25(3)20-19(21(27)23-14-16-6-5-7-17(22)13-16)15(2)12-18(24-20)26-8-10-28-11-9-26/h5-7,12-13H,4,8-11,14H2,1-3H3,(H,23,27). The van der Waals surface area contributed by atoms with E-state index in [1.807, 2.05) is 31.9 Å². The van der Waals surface area contributed by atoms with E-state index < -0.39 is 0 Å². The molecule has 0 spiro atoms. The zero-order valence-corrected chi connectivity index (χ0v) is 16.7. The van der Waals surface area contributed by atoms with Crippen molar-refractivity contribution in [3.63, 3.8) is 0 Å². The summed E-state index contributed by atoms with van der Waals surface area (Å²) < 4.78 is 18.8. The molecule has 7 heteroatoms. The van der Waals surface area contributed by atoms with Crippen molar-refractivity contribution in [1.29, 1.82) is 0 Å². The molecule has 3 rings (SSSR count). The second-order valence-corrected chi connectivity index (χ2v) is 6.92. The lowest BCUT2D eigenvalue weighted by Gasteiger charge is -2.30. The molecule has 0 aliphatic carbocycles. The molecule has 0 bridgehead atoms. The van der Waals surface area contributed by atoms with Gasteiger partial charge in [0.2, 0.25) is 0 Å². The monoisotopic (exact) mass is 386 g/mol. The van der Waals surface area contributed by atoms with Crippen LogP contribution in [0.25, 0.3) is 0 Å². The molecular weight excluding hydrogens is 359 g/mol. The summed E-state index contributed by atoms with van der Waals surface area (Å²) in [4.78, 5) is 21.9. The zero-order chi connectivity index (χ0) is 20.1. The Morgan fingerprint density at radius 2 is 2.07 bits per heavy atom. The zero-order valence-electron chi connectivity index (χ0n) is 16.7. The number of rotatable bonds is 6. The fraction of sp³-hybridized carbons (Fsp3) is 0.429. The molecule has 6 nitrogen and oxygen atoms in total. The Bertz CT molecular complexity index is 837. The molecule has 1 aromatic heterocycles. The predicted molar refractivity (Wildman–Crippen MR) is 109 cm³/mol. The first kappa shape index (κ1) is 20.1. The highest BCUT2D eigenvalue weighted by Gasteiger charge is 2.22. The molecule has 0 atom stereocenters. The molecule has 1 N–H and O–H groups in total. The van der Waals surface area contributed by atoms with Crippen LogP contribution in [0, 0.1) is 12.7 Å². The Morgan fingerprint density at radius 1 is 1.32 bits per heavy atom. The number of morpholine rings is 1. The van der Waals surface area contributed by atoms with Crippen LogP contribution in [0.1, 0.15) is 28.4 Å². The molecule has 1 aromatic carbocycles. The fourth-order valence-corrected chi connectivity index (χ4v) is 3.22. The van der Waals surface area contributed by atoms with Gasteiger partial charge in [-0.2, -0.15) is 0 Å². The first-order valence-electron chi connectivity index (χ1n) is 9.57. The number of nitrogens with zero attached hydrogens (tertiary/aromatic N) is 3. The molecule has 0 unspecified atom stereocenters. The van der Waals surface area contributed by atoms with Crippen molar-refractivity contribution in [2.24, 2.45) is 0 Å². The van der Waals surface area contributed by atoms with Crippen molar-refractivity contribution in [2.45, 2.75) is 20.4 Å². The molecule has 1 fully saturated rings. The van der Waals surface area contributed by atoms with Gasteiger partial charge in [0.05, 0.1) is 18.8 Å². The number of benzene rings is 1. The predicted octanol–water partition coefficient (Wildman–Crippen LogP) is 2.75. The highest BCUT2D eigenvalue weighted by Crippen LogP contribution is 2.26. The lowest BCUT2D eigenvalue weighted by atomic mass is 10.1. The van der Waals surface area contributed by atoms with E-state index in [1.165, 1.54) is 12.1 Å². The van der Waals surface area contributed by atoms with E-state index in [-0.39, 0.29) is 18.3 Å². The number of hydrogen-bond acceptors (Lipinski definition) is 5. The van der Waals surface area contributed by atoms with E-state index in [0.717, 1.165) is 31.0 Å². The van der Waals surface area contributed by atoms with E-state index in [0.29, 0.717) is 30.2 Å². The Balaban J connectivity index is 1.86. The molecule has 0 radical (unpaired) electrons. The molecule has 2 aromatic rings. The van der Waals surface area contributed by atoms with Gasteiger partial charge in [0.1, 0.15) is 17.5 Å². The van der Waals surface area contributed by atoms with Crippen molar-refractivity contribution < 1.29 is 13.9 Å². The fourth-order valence-electron chi connectivity index (χ4n) is 3.22. The third kappa shape index (κ3) is 4.59. The number of pyridine rings is 1. The van der Waals surface area contributed by atoms with Crippen molar-refractivity contribution in [3.8, 4) is 0 Å². The lowest BCUT2D eigenvalue weighted by molar-refractivity contribution is 0.0950. The van der Waals surface area contributed by atoms with E-state index in [1.54, 1.807) is 12.1 Å². The summed E-state index contributed by atoms with van der Waals surface area (Å²) in [5, 5.41) is 2.90. The molecule has 1 saturated heterocycles. The first-order chi connectivity index (χ1) is 13.5. The van der Waals surface area contributed by atoms with Gasteiger partial charge in [-0.1, -0.05) is 12.1 Å². The number of ether oxygens (including phenoxy) is 1. The second-order valence-electron chi connectivity index (χ2n) is 6.92. The third-order valence-corrected chi connectivity index (χ3v) is 4.92. The minimum absolute atomic E-state index is 0.210. The Hall–Kier alpha value is -2.67. The maximum atomic E-state index is 13.4. The van der Waals surface area contributed by atoms with Gasteiger partial charge in [0, 0.05) is 33.2 Å². The van der Waals surface area contributed by atoms with Crippen LogP contribution in [0.15, 0.2) is 30.3 Å². The molecular formula is C21H27FN4O2. The molecule has 1 amide bonds. The minimum atomic E-state index is -0.314. The van der Waals surface area contributed by atoms with E-state index in [4.69, 9.17) is 9.72 Å². The van der Waals surface area contributed by atoms with E-state index in [9.17, 15) is 9.18 Å². The number of anilines is 2. The summed E-state index contributed by atoms with van der Waals surface area (Å²) in [6.07, 6.45) is 0. The Labute approximate surface area is 165 Å². The average Bonchev–Trinajstić information content (AvgIpc) is 2.71. The normalized spacial score (nSPS) is 14.1. The quantitative estimate of drug-likeness (QED) is 0.827. The summed E-state index contributed by atoms with van der Waals surface area (Å²) in [6.45, 7) is 7.85. The summed E-state index contributed by atoms with van der Waals surface area (Å²) in [5.41, 5.74) is 2.13. The number of aryl methyl sites for hydroxylation is 1. The van der Waals surface area contributed by atoms with Gasteiger partial charge in [0.15, 0.2) is 0 Å². The van der Waals surface area contributed by atoms with E-state index >= 15 is 0 Å². The van der Waals surface area contributed by atoms with Gasteiger partial charge in [-0.15, -0.1) is 0 Å². The average molecular weight is 386 g/mol. The summed E-state index contributed by atoms with van der Waals surface area (Å²) in [5.74, 6) is 0.988. The summed E-state index contributed by atoms with van der Waals surface area (Å²) in [7, 11) is 1.92. The number of carbonyl (C=O) groups is 1.